The van der Waals surface area contributed by atoms with Crippen LogP contribution in [0.5, 0.6) is 5.75 Å². The van der Waals surface area contributed by atoms with E-state index in [1.807, 2.05) is 0 Å². The summed E-state index contributed by atoms with van der Waals surface area (Å²) < 4.78 is 0. The maximum Gasteiger partial charge on any atom is 0.297 e. The number of aromatic amines is 1. The van der Waals surface area contributed by atoms with Gasteiger partial charge in [-0.3, -0.25) is 4.79 Å². The molecule has 0 atom stereocenters. The van der Waals surface area contributed by atoms with Crippen LogP contribution in [0.4, 0.5) is 5.69 Å². The standard InChI is InChI=1S/C9H9N5O2/c1-5-4-6(15)2-3-7(5)10-9(16)8-11-13-14-12-8/h2-4,15H,1H3,(H,10,16)(H,11,12,13,14). The molecule has 1 aromatic heterocycles. The third kappa shape index (κ3) is 1.97. The monoisotopic (exact) mass is 219 g/mol. The Morgan fingerprint density at radius 3 is 2.94 bits per heavy atom. The Morgan fingerprint density at radius 1 is 1.50 bits per heavy atom. The number of hydrogen-bond donors (Lipinski definition) is 3. The molecule has 0 unspecified atom stereocenters. The number of phenolic OH excluding ortho intramolecular Hbond substituents is 1. The number of benzene rings is 1. The number of aromatic hydroxyl groups is 1. The smallest absolute Gasteiger partial charge is 0.297 e. The topological polar surface area (TPSA) is 104 Å². The zero-order valence-electron chi connectivity index (χ0n) is 8.43. The lowest BCUT2D eigenvalue weighted by Gasteiger charge is -2.06. The van der Waals surface area contributed by atoms with Crippen LogP contribution in [0.3, 0.4) is 0 Å². The SMILES string of the molecule is Cc1cc(O)ccc1NC(=O)c1nn[nH]n1. The fraction of sp³-hybridized carbons (Fsp3) is 0.111. The number of H-pyrrole nitrogens is 1. The molecular weight excluding hydrogens is 210 g/mol. The summed E-state index contributed by atoms with van der Waals surface area (Å²) >= 11 is 0. The van der Waals surface area contributed by atoms with Crippen molar-refractivity contribution in [1.29, 1.82) is 0 Å². The minimum absolute atomic E-state index is 0.0347. The molecule has 2 aromatic rings. The summed E-state index contributed by atoms with van der Waals surface area (Å²) in [5, 5.41) is 24.4. The first-order valence-corrected chi connectivity index (χ1v) is 4.51. The van der Waals surface area contributed by atoms with Crippen LogP contribution in [0.2, 0.25) is 0 Å². The van der Waals surface area contributed by atoms with Gasteiger partial charge in [0, 0.05) is 5.69 Å². The Balaban J connectivity index is 2.18. The first kappa shape index (κ1) is 10.1. The number of aryl methyl sites for hydroxylation is 1. The Kier molecular flexibility index (Phi) is 2.50. The molecule has 1 aromatic carbocycles. The van der Waals surface area contributed by atoms with Crippen molar-refractivity contribution in [1.82, 2.24) is 20.6 Å². The molecule has 0 saturated carbocycles. The maximum absolute atomic E-state index is 11.6. The van der Waals surface area contributed by atoms with Gasteiger partial charge in [0.15, 0.2) is 0 Å². The Labute approximate surface area is 90.5 Å². The molecule has 0 fully saturated rings. The van der Waals surface area contributed by atoms with E-state index in [9.17, 15) is 9.90 Å². The van der Waals surface area contributed by atoms with E-state index in [1.54, 1.807) is 19.1 Å². The molecule has 0 radical (unpaired) electrons. The van der Waals surface area contributed by atoms with Gasteiger partial charge in [-0.2, -0.15) is 5.21 Å². The lowest BCUT2D eigenvalue weighted by atomic mass is 10.2. The number of rotatable bonds is 2. The van der Waals surface area contributed by atoms with Crippen molar-refractivity contribution in [3.63, 3.8) is 0 Å². The second kappa shape index (κ2) is 3.97. The number of nitrogens with zero attached hydrogens (tertiary/aromatic N) is 3. The van der Waals surface area contributed by atoms with Gasteiger partial charge >= 0.3 is 0 Å². The van der Waals surface area contributed by atoms with Crippen LogP contribution in [-0.4, -0.2) is 31.6 Å². The van der Waals surface area contributed by atoms with Gasteiger partial charge in [0.25, 0.3) is 11.7 Å². The van der Waals surface area contributed by atoms with Gasteiger partial charge in [-0.25, -0.2) is 0 Å². The largest absolute Gasteiger partial charge is 0.508 e. The average Bonchev–Trinajstić information content (AvgIpc) is 2.75. The van der Waals surface area contributed by atoms with Gasteiger partial charge in [0.05, 0.1) is 0 Å². The van der Waals surface area contributed by atoms with E-state index in [0.717, 1.165) is 5.56 Å². The highest BCUT2D eigenvalue weighted by Gasteiger charge is 2.11. The van der Waals surface area contributed by atoms with Crippen LogP contribution in [-0.2, 0) is 0 Å². The number of aromatic nitrogens is 4. The summed E-state index contributed by atoms with van der Waals surface area (Å²) in [6, 6.07) is 4.63. The molecular formula is C9H9N5O2. The summed E-state index contributed by atoms with van der Waals surface area (Å²) in [5.41, 5.74) is 1.34. The predicted octanol–water partition coefficient (Wildman–Crippen LogP) is 0.466. The number of phenols is 1. The van der Waals surface area contributed by atoms with Gasteiger partial charge < -0.3 is 10.4 Å². The molecule has 16 heavy (non-hydrogen) atoms. The van der Waals surface area contributed by atoms with E-state index in [2.05, 4.69) is 25.9 Å². The Bertz CT molecular complexity index is 509. The second-order valence-electron chi connectivity index (χ2n) is 3.19. The molecule has 0 aliphatic carbocycles. The summed E-state index contributed by atoms with van der Waals surface area (Å²) in [7, 11) is 0. The molecule has 7 nitrogen and oxygen atoms in total. The van der Waals surface area contributed by atoms with E-state index < -0.39 is 5.91 Å². The van der Waals surface area contributed by atoms with E-state index >= 15 is 0 Å². The van der Waals surface area contributed by atoms with Crippen LogP contribution in [0.25, 0.3) is 0 Å². The van der Waals surface area contributed by atoms with Gasteiger partial charge in [-0.05, 0) is 35.9 Å². The number of hydrogen-bond acceptors (Lipinski definition) is 5. The van der Waals surface area contributed by atoms with Crippen molar-refractivity contribution in [2.24, 2.45) is 0 Å². The first-order valence-electron chi connectivity index (χ1n) is 4.51. The van der Waals surface area contributed by atoms with Crippen molar-refractivity contribution in [2.75, 3.05) is 5.32 Å². The predicted molar refractivity (Wildman–Crippen MR) is 55.0 cm³/mol. The van der Waals surface area contributed by atoms with Crippen LogP contribution in [0.15, 0.2) is 18.2 Å². The van der Waals surface area contributed by atoms with E-state index in [1.165, 1.54) is 6.07 Å². The number of carbonyl (C=O) groups excluding carboxylic acids is 1. The van der Waals surface area contributed by atoms with Crippen LogP contribution >= 0.6 is 0 Å². The van der Waals surface area contributed by atoms with Crippen molar-refractivity contribution >= 4 is 11.6 Å². The van der Waals surface area contributed by atoms with E-state index in [4.69, 9.17) is 0 Å². The zero-order chi connectivity index (χ0) is 11.5. The quantitative estimate of drug-likeness (QED) is 0.637. The summed E-state index contributed by atoms with van der Waals surface area (Å²) in [4.78, 5) is 11.6. The molecule has 0 bridgehead atoms. The van der Waals surface area contributed by atoms with Crippen molar-refractivity contribution < 1.29 is 9.90 Å². The Morgan fingerprint density at radius 2 is 2.31 bits per heavy atom. The van der Waals surface area contributed by atoms with Gasteiger partial charge in [-0.1, -0.05) is 0 Å². The molecule has 0 saturated heterocycles. The molecule has 1 heterocycles. The lowest BCUT2D eigenvalue weighted by molar-refractivity contribution is 0.101. The maximum atomic E-state index is 11.6. The van der Waals surface area contributed by atoms with Crippen molar-refractivity contribution in [3.8, 4) is 5.75 Å². The van der Waals surface area contributed by atoms with Gasteiger partial charge in [0.1, 0.15) is 5.75 Å². The van der Waals surface area contributed by atoms with E-state index in [-0.39, 0.29) is 11.6 Å². The molecule has 2 rings (SSSR count). The fourth-order valence-electron chi connectivity index (χ4n) is 1.22. The normalized spacial score (nSPS) is 10.1. The lowest BCUT2D eigenvalue weighted by Crippen LogP contribution is -2.14. The van der Waals surface area contributed by atoms with Crippen molar-refractivity contribution in [3.05, 3.63) is 29.6 Å². The molecule has 1 amide bonds. The van der Waals surface area contributed by atoms with Crippen LogP contribution < -0.4 is 5.32 Å². The van der Waals surface area contributed by atoms with Gasteiger partial charge in [-0.15, -0.1) is 10.2 Å². The second-order valence-corrected chi connectivity index (χ2v) is 3.19. The highest BCUT2D eigenvalue weighted by atomic mass is 16.3. The Hall–Kier alpha value is -2.44. The minimum atomic E-state index is -0.456. The fourth-order valence-corrected chi connectivity index (χ4v) is 1.22. The minimum Gasteiger partial charge on any atom is -0.508 e. The molecule has 82 valence electrons. The van der Waals surface area contributed by atoms with Crippen LogP contribution in [0.1, 0.15) is 16.2 Å². The zero-order valence-corrected chi connectivity index (χ0v) is 8.43. The summed E-state index contributed by atoms with van der Waals surface area (Å²) in [5.74, 6) is -0.343. The number of tetrazole rings is 1. The molecule has 0 aliphatic rings. The number of anilines is 1. The molecule has 7 heteroatoms. The molecule has 0 spiro atoms. The third-order valence-corrected chi connectivity index (χ3v) is 2.01. The highest BCUT2D eigenvalue weighted by Crippen LogP contribution is 2.20. The highest BCUT2D eigenvalue weighted by molar-refractivity contribution is 6.01. The van der Waals surface area contributed by atoms with Crippen molar-refractivity contribution in [2.45, 2.75) is 6.92 Å². The number of amides is 1. The average molecular weight is 219 g/mol. The summed E-state index contributed by atoms with van der Waals surface area (Å²) in [6.07, 6.45) is 0. The molecule has 3 N–H and O–H groups in total. The summed E-state index contributed by atoms with van der Waals surface area (Å²) in [6.45, 7) is 1.77. The van der Waals surface area contributed by atoms with E-state index in [0.29, 0.717) is 5.69 Å². The molecule has 0 aliphatic heterocycles. The number of carbonyl (C=O) groups is 1. The third-order valence-electron chi connectivity index (χ3n) is 2.01. The number of nitrogens with one attached hydrogen (secondary N) is 2. The van der Waals surface area contributed by atoms with Crippen LogP contribution in [0, 0.1) is 6.92 Å². The van der Waals surface area contributed by atoms with Gasteiger partial charge in [0.2, 0.25) is 0 Å². The first-order chi connectivity index (χ1) is 7.66.